The van der Waals surface area contributed by atoms with Crippen LogP contribution in [0.1, 0.15) is 47.0 Å². The Labute approximate surface area is 176 Å². The number of rotatable bonds is 7. The molecule has 1 N–H and O–H groups in total. The van der Waals surface area contributed by atoms with Gasteiger partial charge in [-0.1, -0.05) is 12.1 Å². The Morgan fingerprint density at radius 1 is 1.03 bits per heavy atom. The van der Waals surface area contributed by atoms with Crippen molar-refractivity contribution in [3.8, 4) is 0 Å². The quantitative estimate of drug-likeness (QED) is 0.729. The van der Waals surface area contributed by atoms with E-state index in [4.69, 9.17) is 0 Å². The third-order valence-corrected chi connectivity index (χ3v) is 8.58. The predicted octanol–water partition coefficient (Wildman–Crippen LogP) is 3.10. The molecule has 2 aliphatic rings. The van der Waals surface area contributed by atoms with Gasteiger partial charge in [-0.05, 0) is 68.4 Å². The summed E-state index contributed by atoms with van der Waals surface area (Å²) in [7, 11) is -3.53. The minimum Gasteiger partial charge on any atom is -0.350 e. The van der Waals surface area contributed by atoms with E-state index in [1.807, 2.05) is 6.07 Å². The molecule has 4 rings (SSSR count). The summed E-state index contributed by atoms with van der Waals surface area (Å²) in [6.07, 6.45) is 4.15. The first kappa shape index (κ1) is 20.5. The average molecular weight is 434 g/mol. The highest BCUT2D eigenvalue weighted by Gasteiger charge is 2.28. The molecule has 1 atom stereocenters. The molecule has 1 unspecified atom stereocenters. The number of carbonyl (C=O) groups is 1. The molecule has 2 aromatic rings. The van der Waals surface area contributed by atoms with E-state index in [1.165, 1.54) is 28.1 Å². The zero-order chi connectivity index (χ0) is 20.3. The van der Waals surface area contributed by atoms with E-state index in [1.54, 1.807) is 29.5 Å². The van der Waals surface area contributed by atoms with Gasteiger partial charge in [0.25, 0.3) is 5.91 Å². The lowest BCUT2D eigenvalue weighted by atomic mass is 10.2. The third-order valence-electron chi connectivity index (χ3n) is 5.71. The molecule has 2 fully saturated rings. The first-order valence-corrected chi connectivity index (χ1v) is 12.5. The van der Waals surface area contributed by atoms with E-state index < -0.39 is 10.0 Å². The molecular formula is C21H27N3O3S2. The fourth-order valence-electron chi connectivity index (χ4n) is 4.11. The number of thiophene rings is 1. The van der Waals surface area contributed by atoms with Crippen LogP contribution in [0.4, 0.5) is 0 Å². The van der Waals surface area contributed by atoms with Gasteiger partial charge < -0.3 is 5.32 Å². The smallest absolute Gasteiger partial charge is 0.251 e. The van der Waals surface area contributed by atoms with E-state index in [2.05, 4.69) is 21.7 Å². The minimum absolute atomic E-state index is 0.165. The lowest BCUT2D eigenvalue weighted by Gasteiger charge is -2.27. The Kier molecular flexibility index (Phi) is 6.34. The SMILES string of the molecule is O=C(NCC(c1cccs1)N1CCCC1)c1cccc(S(=O)(=O)N2CCCC2)c1. The molecule has 0 radical (unpaired) electrons. The summed E-state index contributed by atoms with van der Waals surface area (Å²) in [6.45, 7) is 3.71. The molecule has 0 spiro atoms. The molecule has 1 aromatic heterocycles. The molecule has 29 heavy (non-hydrogen) atoms. The fourth-order valence-corrected chi connectivity index (χ4v) is 6.53. The Morgan fingerprint density at radius 2 is 1.76 bits per heavy atom. The summed E-state index contributed by atoms with van der Waals surface area (Å²) < 4.78 is 27.1. The summed E-state index contributed by atoms with van der Waals surface area (Å²) in [5.74, 6) is -0.232. The van der Waals surface area contributed by atoms with E-state index in [9.17, 15) is 13.2 Å². The van der Waals surface area contributed by atoms with Crippen molar-refractivity contribution >= 4 is 27.3 Å². The van der Waals surface area contributed by atoms with Crippen molar-refractivity contribution in [1.82, 2.24) is 14.5 Å². The van der Waals surface area contributed by atoms with Gasteiger partial charge in [-0.15, -0.1) is 11.3 Å². The molecule has 1 aromatic carbocycles. The third kappa shape index (κ3) is 4.55. The molecule has 6 nitrogen and oxygen atoms in total. The van der Waals surface area contributed by atoms with Crippen molar-refractivity contribution in [1.29, 1.82) is 0 Å². The van der Waals surface area contributed by atoms with Crippen molar-refractivity contribution in [2.75, 3.05) is 32.7 Å². The van der Waals surface area contributed by atoms with E-state index >= 15 is 0 Å². The van der Waals surface area contributed by atoms with Gasteiger partial charge in [0.1, 0.15) is 0 Å². The van der Waals surface area contributed by atoms with Crippen molar-refractivity contribution in [2.45, 2.75) is 36.6 Å². The Morgan fingerprint density at radius 3 is 2.45 bits per heavy atom. The molecule has 0 bridgehead atoms. The van der Waals surface area contributed by atoms with Gasteiger partial charge in [0, 0.05) is 30.1 Å². The fraction of sp³-hybridized carbons (Fsp3) is 0.476. The number of benzene rings is 1. The van der Waals surface area contributed by atoms with Gasteiger partial charge in [0.05, 0.1) is 10.9 Å². The van der Waals surface area contributed by atoms with Crippen LogP contribution in [-0.4, -0.2) is 56.3 Å². The van der Waals surface area contributed by atoms with Crippen molar-refractivity contribution in [3.05, 3.63) is 52.2 Å². The number of carbonyl (C=O) groups excluding carboxylic acids is 1. The predicted molar refractivity (Wildman–Crippen MR) is 115 cm³/mol. The molecule has 2 aliphatic heterocycles. The van der Waals surface area contributed by atoms with Crippen LogP contribution in [0.5, 0.6) is 0 Å². The highest BCUT2D eigenvalue weighted by atomic mass is 32.2. The largest absolute Gasteiger partial charge is 0.350 e. The van der Waals surface area contributed by atoms with E-state index in [0.29, 0.717) is 25.2 Å². The van der Waals surface area contributed by atoms with Gasteiger partial charge in [-0.3, -0.25) is 9.69 Å². The standard InChI is InChI=1S/C21H27N3O3S2/c25-21(22-16-19(20-9-6-14-28-20)23-10-1-2-11-23)17-7-5-8-18(15-17)29(26,27)24-12-3-4-13-24/h5-9,14-15,19H,1-4,10-13,16H2,(H,22,25). The maximum atomic E-state index is 12.8. The maximum absolute atomic E-state index is 12.8. The van der Waals surface area contributed by atoms with Gasteiger partial charge >= 0.3 is 0 Å². The molecule has 3 heterocycles. The molecule has 0 aliphatic carbocycles. The second-order valence-corrected chi connectivity index (χ2v) is 10.5. The highest BCUT2D eigenvalue weighted by Crippen LogP contribution is 2.28. The number of sulfonamides is 1. The molecule has 8 heteroatoms. The normalized spacial score (nSPS) is 19.4. The number of nitrogens with zero attached hydrogens (tertiary/aromatic N) is 2. The number of hydrogen-bond donors (Lipinski definition) is 1. The van der Waals surface area contributed by atoms with Crippen LogP contribution in [0.3, 0.4) is 0 Å². The molecule has 2 saturated heterocycles. The van der Waals surface area contributed by atoms with Crippen LogP contribution >= 0.6 is 11.3 Å². The average Bonchev–Trinajstić information content (AvgIpc) is 3.51. The highest BCUT2D eigenvalue weighted by molar-refractivity contribution is 7.89. The van der Waals surface area contributed by atoms with Crippen LogP contribution in [0.2, 0.25) is 0 Å². The van der Waals surface area contributed by atoms with Crippen molar-refractivity contribution in [2.24, 2.45) is 0 Å². The zero-order valence-electron chi connectivity index (χ0n) is 16.4. The van der Waals surface area contributed by atoms with Crippen LogP contribution in [-0.2, 0) is 10.0 Å². The van der Waals surface area contributed by atoms with E-state index in [0.717, 1.165) is 25.9 Å². The number of amides is 1. The van der Waals surface area contributed by atoms with Gasteiger partial charge in [0.2, 0.25) is 10.0 Å². The van der Waals surface area contributed by atoms with Gasteiger partial charge in [0.15, 0.2) is 0 Å². The number of nitrogens with one attached hydrogen (secondary N) is 1. The Hall–Kier alpha value is -1.74. The first-order valence-electron chi connectivity index (χ1n) is 10.2. The van der Waals surface area contributed by atoms with Crippen molar-refractivity contribution in [3.63, 3.8) is 0 Å². The summed E-state index contributed by atoms with van der Waals surface area (Å²) in [4.78, 5) is 16.7. The van der Waals surface area contributed by atoms with Crippen LogP contribution in [0.25, 0.3) is 0 Å². The Balaban J connectivity index is 1.47. The molecule has 156 valence electrons. The summed E-state index contributed by atoms with van der Waals surface area (Å²) in [6, 6.07) is 10.7. The second kappa shape index (κ2) is 8.95. The lowest BCUT2D eigenvalue weighted by molar-refractivity contribution is 0.0938. The topological polar surface area (TPSA) is 69.7 Å². The summed E-state index contributed by atoms with van der Waals surface area (Å²) >= 11 is 1.71. The van der Waals surface area contributed by atoms with Crippen LogP contribution < -0.4 is 5.32 Å². The second-order valence-electron chi connectivity index (χ2n) is 7.62. The molecule has 1 amide bonds. The van der Waals surface area contributed by atoms with Gasteiger partial charge in [-0.2, -0.15) is 4.31 Å². The van der Waals surface area contributed by atoms with Gasteiger partial charge in [-0.25, -0.2) is 8.42 Å². The maximum Gasteiger partial charge on any atom is 0.251 e. The summed E-state index contributed by atoms with van der Waals surface area (Å²) in [5, 5.41) is 5.09. The minimum atomic E-state index is -3.53. The van der Waals surface area contributed by atoms with E-state index in [-0.39, 0.29) is 16.8 Å². The number of hydrogen-bond acceptors (Lipinski definition) is 5. The molecular weight excluding hydrogens is 406 g/mol. The summed E-state index contributed by atoms with van der Waals surface area (Å²) in [5.41, 5.74) is 0.386. The lowest BCUT2D eigenvalue weighted by Crippen LogP contribution is -2.36. The number of likely N-dealkylation sites (tertiary alicyclic amines) is 1. The first-order chi connectivity index (χ1) is 14.1. The van der Waals surface area contributed by atoms with Crippen LogP contribution in [0.15, 0.2) is 46.7 Å². The van der Waals surface area contributed by atoms with Crippen LogP contribution in [0, 0.1) is 0 Å². The monoisotopic (exact) mass is 433 g/mol. The van der Waals surface area contributed by atoms with Crippen molar-refractivity contribution < 1.29 is 13.2 Å². The zero-order valence-corrected chi connectivity index (χ0v) is 18.1. The molecule has 0 saturated carbocycles. The Bertz CT molecular complexity index is 932.